The molecule has 0 bridgehead atoms. The number of morpholine rings is 1. The lowest BCUT2D eigenvalue weighted by atomic mass is 10.0. The van der Waals surface area contributed by atoms with E-state index in [1.807, 2.05) is 37.4 Å². The molecule has 0 unspecified atom stereocenters. The van der Waals surface area contributed by atoms with Gasteiger partial charge in [0.15, 0.2) is 0 Å². The van der Waals surface area contributed by atoms with Crippen LogP contribution in [0.5, 0.6) is 5.75 Å². The molecule has 0 radical (unpaired) electrons. The highest BCUT2D eigenvalue weighted by atomic mass is 16.5. The Balaban J connectivity index is 1.49. The maximum absolute atomic E-state index is 12.1. The van der Waals surface area contributed by atoms with Crippen LogP contribution in [0.25, 0.3) is 16.5 Å². The average molecular weight is 530 g/mol. The molecule has 2 aliphatic heterocycles. The number of carbonyl (C=O) groups is 1. The minimum Gasteiger partial charge on any atom is -0.490 e. The number of amides is 1. The van der Waals surface area contributed by atoms with Gasteiger partial charge in [-0.25, -0.2) is 9.97 Å². The van der Waals surface area contributed by atoms with Crippen molar-refractivity contribution in [2.75, 3.05) is 56.7 Å². The monoisotopic (exact) mass is 529 g/mol. The van der Waals surface area contributed by atoms with Crippen LogP contribution in [0.3, 0.4) is 0 Å². The predicted molar refractivity (Wildman–Crippen MR) is 155 cm³/mol. The van der Waals surface area contributed by atoms with Crippen molar-refractivity contribution in [3.8, 4) is 5.75 Å². The van der Waals surface area contributed by atoms with E-state index in [1.54, 1.807) is 19.3 Å². The summed E-state index contributed by atoms with van der Waals surface area (Å²) in [5.74, 6) is 0.701. The van der Waals surface area contributed by atoms with Gasteiger partial charge < -0.3 is 30.7 Å². The molecule has 5 rings (SSSR count). The van der Waals surface area contributed by atoms with E-state index in [2.05, 4.69) is 31.6 Å². The summed E-state index contributed by atoms with van der Waals surface area (Å²) < 4.78 is 12.0. The molecule has 2 fully saturated rings. The Labute approximate surface area is 228 Å². The molecule has 1 amide bonds. The van der Waals surface area contributed by atoms with E-state index in [0.717, 1.165) is 72.5 Å². The van der Waals surface area contributed by atoms with Gasteiger partial charge in [0.25, 0.3) is 0 Å². The molecule has 2 aliphatic rings. The third-order valence-corrected chi connectivity index (χ3v) is 6.99. The first-order chi connectivity index (χ1) is 19.0. The Morgan fingerprint density at radius 3 is 2.72 bits per heavy atom. The van der Waals surface area contributed by atoms with E-state index in [9.17, 15) is 4.79 Å². The highest BCUT2D eigenvalue weighted by Crippen LogP contribution is 2.33. The van der Waals surface area contributed by atoms with Crippen LogP contribution in [0.4, 0.5) is 17.3 Å². The van der Waals surface area contributed by atoms with Crippen LogP contribution in [0.1, 0.15) is 35.7 Å². The summed E-state index contributed by atoms with van der Waals surface area (Å²) in [5.41, 5.74) is 10.3. The van der Waals surface area contributed by atoms with Gasteiger partial charge in [0.2, 0.25) is 11.9 Å². The molecular formula is C29H35N7O3. The van der Waals surface area contributed by atoms with Crippen molar-refractivity contribution in [1.29, 1.82) is 0 Å². The number of rotatable bonds is 8. The molecule has 3 heterocycles. The molecule has 0 atom stereocenters. The highest BCUT2D eigenvalue weighted by molar-refractivity contribution is 6.11. The Morgan fingerprint density at radius 1 is 1.21 bits per heavy atom. The van der Waals surface area contributed by atoms with Crippen LogP contribution < -0.4 is 26.0 Å². The summed E-state index contributed by atoms with van der Waals surface area (Å²) in [6, 6.07) is 9.53. The number of hydrogen-bond acceptors (Lipinski definition) is 9. The van der Waals surface area contributed by atoms with Gasteiger partial charge in [0.1, 0.15) is 11.9 Å². The van der Waals surface area contributed by atoms with Crippen molar-refractivity contribution in [2.24, 2.45) is 10.7 Å². The average Bonchev–Trinajstić information content (AvgIpc) is 2.96. The number of nitrogens with one attached hydrogen (secondary N) is 2. The highest BCUT2D eigenvalue weighted by Gasteiger charge is 2.19. The quantitative estimate of drug-likeness (QED) is 0.378. The molecule has 0 saturated carbocycles. The summed E-state index contributed by atoms with van der Waals surface area (Å²) in [5, 5.41) is 7.54. The van der Waals surface area contributed by atoms with Crippen molar-refractivity contribution in [3.05, 3.63) is 53.7 Å². The van der Waals surface area contributed by atoms with Gasteiger partial charge in [-0.2, -0.15) is 0 Å². The number of anilines is 3. The lowest BCUT2D eigenvalue weighted by molar-refractivity contribution is 0.1000. The Hall–Kier alpha value is -4.02. The van der Waals surface area contributed by atoms with Crippen LogP contribution in [0, 0.1) is 0 Å². The largest absolute Gasteiger partial charge is 0.490 e. The molecule has 4 N–H and O–H groups in total. The lowest BCUT2D eigenvalue weighted by Gasteiger charge is -2.29. The van der Waals surface area contributed by atoms with Crippen molar-refractivity contribution in [1.82, 2.24) is 15.3 Å². The number of hydrogen-bond donors (Lipinski definition) is 3. The number of aliphatic imine (C=N–C) groups is 1. The molecule has 10 heteroatoms. The predicted octanol–water partition coefficient (Wildman–Crippen LogP) is 3.54. The van der Waals surface area contributed by atoms with E-state index in [4.69, 9.17) is 20.2 Å². The van der Waals surface area contributed by atoms with Crippen molar-refractivity contribution < 1.29 is 14.3 Å². The van der Waals surface area contributed by atoms with Crippen LogP contribution in [-0.4, -0.2) is 74.6 Å². The Kier molecular flexibility index (Phi) is 8.33. The standard InChI is InChI=1S/C29H35N7O3/c1-3-19(17-31-2)25-14-21-18-33-29(35-26(21)16-27(25)39-24-4-6-32-7-5-24)34-22-12-20(28(30)37)13-23(15-22)36-8-10-38-11-9-36/h3,12-18,24,32H,4-11H2,1-2H3,(H2,30,37)(H,33,34,35)/b19-3+,31-17-. The van der Waals surface area contributed by atoms with Crippen molar-refractivity contribution >= 4 is 45.9 Å². The number of carbonyl (C=O) groups excluding carboxylic acids is 1. The SMILES string of the molecule is C/C=C(\C=N/C)c1cc2cnc(Nc3cc(C(N)=O)cc(N4CCOCC4)c3)nc2cc1OC1CCNCC1. The number of benzene rings is 2. The minimum absolute atomic E-state index is 0.133. The van der Waals surface area contributed by atoms with Crippen LogP contribution >= 0.6 is 0 Å². The number of aromatic nitrogens is 2. The number of allylic oxidation sites excluding steroid dienone is 2. The number of nitrogens with two attached hydrogens (primary N) is 1. The molecular weight excluding hydrogens is 494 g/mol. The molecule has 39 heavy (non-hydrogen) atoms. The normalized spacial score (nSPS) is 17.1. The maximum Gasteiger partial charge on any atom is 0.248 e. The molecule has 3 aromatic rings. The summed E-state index contributed by atoms with van der Waals surface area (Å²) in [6.45, 7) is 6.63. The molecule has 204 valence electrons. The first kappa shape index (κ1) is 26.6. The fraction of sp³-hybridized carbons (Fsp3) is 0.379. The Bertz CT molecular complexity index is 1390. The van der Waals surface area contributed by atoms with Crippen LogP contribution in [0.2, 0.25) is 0 Å². The van der Waals surface area contributed by atoms with E-state index < -0.39 is 5.91 Å². The molecule has 1 aromatic heterocycles. The van der Waals surface area contributed by atoms with E-state index >= 15 is 0 Å². The first-order valence-electron chi connectivity index (χ1n) is 13.4. The first-order valence-corrected chi connectivity index (χ1v) is 13.4. The fourth-order valence-electron chi connectivity index (χ4n) is 4.93. The number of nitrogens with zero attached hydrogens (tertiary/aromatic N) is 4. The number of fused-ring (bicyclic) bond motifs is 1. The zero-order chi connectivity index (χ0) is 27.2. The van der Waals surface area contributed by atoms with E-state index in [1.165, 1.54) is 0 Å². The van der Waals surface area contributed by atoms with E-state index in [-0.39, 0.29) is 6.10 Å². The number of piperidine rings is 1. The molecule has 0 aliphatic carbocycles. The second kappa shape index (κ2) is 12.2. The molecule has 2 aromatic carbocycles. The fourth-order valence-corrected chi connectivity index (χ4v) is 4.93. The summed E-state index contributed by atoms with van der Waals surface area (Å²) >= 11 is 0. The van der Waals surface area contributed by atoms with Gasteiger partial charge in [-0.1, -0.05) is 6.08 Å². The van der Waals surface area contributed by atoms with Gasteiger partial charge in [-0.3, -0.25) is 9.79 Å². The second-order valence-corrected chi connectivity index (χ2v) is 9.66. The summed E-state index contributed by atoms with van der Waals surface area (Å²) in [6.07, 6.45) is 7.68. The topological polar surface area (TPSA) is 127 Å². The maximum atomic E-state index is 12.1. The summed E-state index contributed by atoms with van der Waals surface area (Å²) in [4.78, 5) is 27.8. The minimum atomic E-state index is -0.491. The van der Waals surface area contributed by atoms with Crippen LogP contribution in [0.15, 0.2) is 47.6 Å². The third-order valence-electron chi connectivity index (χ3n) is 6.99. The molecule has 10 nitrogen and oxygen atoms in total. The Morgan fingerprint density at radius 2 is 2.00 bits per heavy atom. The number of ether oxygens (including phenoxy) is 2. The zero-order valence-corrected chi connectivity index (χ0v) is 22.4. The van der Waals surface area contributed by atoms with Gasteiger partial charge in [0, 0.05) is 66.5 Å². The third kappa shape index (κ3) is 6.35. The van der Waals surface area contributed by atoms with Gasteiger partial charge in [0.05, 0.1) is 18.7 Å². The smallest absolute Gasteiger partial charge is 0.248 e. The van der Waals surface area contributed by atoms with Crippen molar-refractivity contribution in [2.45, 2.75) is 25.9 Å². The van der Waals surface area contributed by atoms with Crippen molar-refractivity contribution in [3.63, 3.8) is 0 Å². The van der Waals surface area contributed by atoms with Gasteiger partial charge in [-0.05, 0) is 62.7 Å². The summed E-state index contributed by atoms with van der Waals surface area (Å²) in [7, 11) is 1.76. The van der Waals surface area contributed by atoms with Gasteiger partial charge >= 0.3 is 0 Å². The number of primary amides is 1. The van der Waals surface area contributed by atoms with Crippen LogP contribution in [-0.2, 0) is 4.74 Å². The zero-order valence-electron chi connectivity index (χ0n) is 22.4. The molecule has 2 saturated heterocycles. The van der Waals surface area contributed by atoms with Gasteiger partial charge in [-0.15, -0.1) is 0 Å². The van der Waals surface area contributed by atoms with E-state index in [0.29, 0.717) is 30.4 Å². The molecule has 0 spiro atoms. The lowest BCUT2D eigenvalue weighted by Crippen LogP contribution is -2.36. The second-order valence-electron chi connectivity index (χ2n) is 9.66.